The Balaban J connectivity index is 1.76. The molecule has 0 aliphatic rings. The van der Waals surface area contributed by atoms with Gasteiger partial charge in [0, 0.05) is 24.0 Å². The molecule has 0 aliphatic heterocycles. The Morgan fingerprint density at radius 3 is 1.93 bits per heavy atom. The molecule has 1 atom stereocenters. The summed E-state index contributed by atoms with van der Waals surface area (Å²) in [5.74, 6) is -0.763. The van der Waals surface area contributed by atoms with Gasteiger partial charge in [-0.1, -0.05) is 108 Å². The molecule has 0 fully saturated rings. The Bertz CT molecular complexity index is 1570. The molecule has 1 N–H and O–H groups in total. The smallest absolute Gasteiger partial charge is 0.264 e. The summed E-state index contributed by atoms with van der Waals surface area (Å²) < 4.78 is 29.8. The van der Waals surface area contributed by atoms with E-state index in [2.05, 4.69) is 21.2 Å². The van der Waals surface area contributed by atoms with Crippen LogP contribution >= 0.6 is 15.9 Å². The number of halogens is 1. The first kappa shape index (κ1) is 32.0. The van der Waals surface area contributed by atoms with Crippen LogP contribution in [0.1, 0.15) is 30.9 Å². The monoisotopic (exact) mass is 661 g/mol. The molecule has 0 spiro atoms. The molecule has 4 rings (SSSR count). The van der Waals surface area contributed by atoms with E-state index in [-0.39, 0.29) is 23.8 Å². The first-order chi connectivity index (χ1) is 20.8. The third kappa shape index (κ3) is 8.78. The summed E-state index contributed by atoms with van der Waals surface area (Å²) >= 11 is 3.41. The Morgan fingerprint density at radius 1 is 0.791 bits per heavy atom. The number of amides is 2. The van der Waals surface area contributed by atoms with Crippen molar-refractivity contribution in [3.63, 3.8) is 0 Å². The summed E-state index contributed by atoms with van der Waals surface area (Å²) in [4.78, 5) is 29.7. The van der Waals surface area contributed by atoms with E-state index in [1.165, 1.54) is 17.0 Å². The lowest BCUT2D eigenvalue weighted by atomic mass is 10.0. The lowest BCUT2D eigenvalue weighted by Crippen LogP contribution is -2.53. The fourth-order valence-electron chi connectivity index (χ4n) is 4.70. The van der Waals surface area contributed by atoms with E-state index >= 15 is 0 Å². The Morgan fingerprint density at radius 2 is 1.35 bits per heavy atom. The van der Waals surface area contributed by atoms with Crippen LogP contribution in [0.5, 0.6) is 0 Å². The summed E-state index contributed by atoms with van der Waals surface area (Å²) in [7, 11) is -4.12. The normalized spacial score (nSPS) is 11.9. The summed E-state index contributed by atoms with van der Waals surface area (Å²) in [6, 6.07) is 32.9. The van der Waals surface area contributed by atoms with Crippen molar-refractivity contribution in [1.82, 2.24) is 10.2 Å². The number of carbonyl (C=O) groups is 2. The second kappa shape index (κ2) is 15.5. The van der Waals surface area contributed by atoms with Gasteiger partial charge < -0.3 is 10.2 Å². The third-order valence-corrected chi connectivity index (χ3v) is 9.34. The summed E-state index contributed by atoms with van der Waals surface area (Å²) in [6.07, 6.45) is 2.00. The first-order valence-electron chi connectivity index (χ1n) is 14.3. The van der Waals surface area contributed by atoms with Crippen molar-refractivity contribution in [1.29, 1.82) is 0 Å². The highest BCUT2D eigenvalue weighted by Gasteiger charge is 2.34. The van der Waals surface area contributed by atoms with Gasteiger partial charge in [-0.3, -0.25) is 13.9 Å². The highest BCUT2D eigenvalue weighted by atomic mass is 79.9. The van der Waals surface area contributed by atoms with Crippen LogP contribution in [-0.2, 0) is 32.6 Å². The zero-order valence-corrected chi connectivity index (χ0v) is 26.5. The predicted molar refractivity (Wildman–Crippen MR) is 174 cm³/mol. The predicted octanol–water partition coefficient (Wildman–Crippen LogP) is 6.20. The standard InChI is InChI=1S/C34H36BrN3O4S/c1-2-3-23-36-34(40)32(24-27-13-7-4-8-14-27)37(25-28-15-9-5-10-16-28)33(39)26-38(30-21-19-29(35)20-22-30)43(41,42)31-17-11-6-12-18-31/h4-22,32H,2-3,23-26H2,1H3,(H,36,40)/t32-/m0/s1. The molecule has 2 amide bonds. The van der Waals surface area contributed by atoms with Crippen molar-refractivity contribution in [3.05, 3.63) is 131 Å². The van der Waals surface area contributed by atoms with Crippen LogP contribution in [-0.4, -0.2) is 44.3 Å². The molecule has 9 heteroatoms. The van der Waals surface area contributed by atoms with Crippen LogP contribution in [0.4, 0.5) is 5.69 Å². The molecule has 0 saturated carbocycles. The fourth-order valence-corrected chi connectivity index (χ4v) is 6.40. The minimum Gasteiger partial charge on any atom is -0.354 e. The van der Waals surface area contributed by atoms with Crippen LogP contribution in [0.2, 0.25) is 0 Å². The van der Waals surface area contributed by atoms with Crippen molar-refractivity contribution in [2.45, 2.75) is 43.7 Å². The van der Waals surface area contributed by atoms with Crippen LogP contribution in [0, 0.1) is 0 Å². The first-order valence-corrected chi connectivity index (χ1v) is 16.5. The van der Waals surface area contributed by atoms with Gasteiger partial charge in [-0.25, -0.2) is 8.42 Å². The Hall–Kier alpha value is -3.95. The molecule has 0 aliphatic carbocycles. The van der Waals surface area contributed by atoms with E-state index < -0.39 is 28.5 Å². The maximum absolute atomic E-state index is 14.4. The number of rotatable bonds is 14. The molecule has 43 heavy (non-hydrogen) atoms. The molecule has 7 nitrogen and oxygen atoms in total. The lowest BCUT2D eigenvalue weighted by Gasteiger charge is -2.34. The van der Waals surface area contributed by atoms with Gasteiger partial charge >= 0.3 is 0 Å². The van der Waals surface area contributed by atoms with Gasteiger partial charge in [-0.05, 0) is 53.9 Å². The highest BCUT2D eigenvalue weighted by molar-refractivity contribution is 9.10. The molecule has 0 bridgehead atoms. The van der Waals surface area contributed by atoms with Gasteiger partial charge in [0.15, 0.2) is 0 Å². The second-order valence-electron chi connectivity index (χ2n) is 10.2. The van der Waals surface area contributed by atoms with Crippen molar-refractivity contribution in [2.24, 2.45) is 0 Å². The Labute approximate surface area is 262 Å². The maximum Gasteiger partial charge on any atom is 0.264 e. The largest absolute Gasteiger partial charge is 0.354 e. The van der Waals surface area contributed by atoms with Crippen LogP contribution < -0.4 is 9.62 Å². The van der Waals surface area contributed by atoms with Crippen LogP contribution in [0.3, 0.4) is 0 Å². The molecule has 0 radical (unpaired) electrons. The average Bonchev–Trinajstić information content (AvgIpc) is 3.03. The van der Waals surface area contributed by atoms with E-state index in [4.69, 9.17) is 0 Å². The molecule has 0 unspecified atom stereocenters. The highest BCUT2D eigenvalue weighted by Crippen LogP contribution is 2.26. The molecule has 0 heterocycles. The van der Waals surface area contributed by atoms with Crippen LogP contribution in [0.25, 0.3) is 0 Å². The number of nitrogens with one attached hydrogen (secondary N) is 1. The number of carbonyl (C=O) groups excluding carboxylic acids is 2. The van der Waals surface area contributed by atoms with Crippen molar-refractivity contribution >= 4 is 43.5 Å². The molecule has 224 valence electrons. The maximum atomic E-state index is 14.4. The molecular formula is C34H36BrN3O4S. The lowest BCUT2D eigenvalue weighted by molar-refractivity contribution is -0.140. The summed E-state index contributed by atoms with van der Waals surface area (Å²) in [6.45, 7) is 2.18. The fraction of sp³-hybridized carbons (Fsp3) is 0.235. The van der Waals surface area contributed by atoms with E-state index in [1.54, 1.807) is 42.5 Å². The molecule has 4 aromatic rings. The zero-order chi connectivity index (χ0) is 30.7. The topological polar surface area (TPSA) is 86.8 Å². The number of nitrogens with zero attached hydrogens (tertiary/aromatic N) is 2. The van der Waals surface area contributed by atoms with Crippen molar-refractivity contribution in [3.8, 4) is 0 Å². The van der Waals surface area contributed by atoms with E-state index in [9.17, 15) is 18.0 Å². The number of anilines is 1. The van der Waals surface area contributed by atoms with Gasteiger partial charge in [0.2, 0.25) is 11.8 Å². The summed E-state index contributed by atoms with van der Waals surface area (Å²) in [5, 5.41) is 3.00. The van der Waals surface area contributed by atoms with Crippen molar-refractivity contribution < 1.29 is 18.0 Å². The van der Waals surface area contributed by atoms with Gasteiger partial charge in [0.1, 0.15) is 12.6 Å². The van der Waals surface area contributed by atoms with Crippen LogP contribution in [0.15, 0.2) is 125 Å². The number of hydrogen-bond donors (Lipinski definition) is 1. The molecular weight excluding hydrogens is 626 g/mol. The van der Waals surface area contributed by atoms with Gasteiger partial charge in [-0.2, -0.15) is 0 Å². The summed E-state index contributed by atoms with van der Waals surface area (Å²) in [5.41, 5.74) is 2.06. The van der Waals surface area contributed by atoms with E-state index in [0.29, 0.717) is 12.2 Å². The van der Waals surface area contributed by atoms with E-state index in [1.807, 2.05) is 67.6 Å². The minimum atomic E-state index is -4.12. The number of hydrogen-bond acceptors (Lipinski definition) is 4. The second-order valence-corrected chi connectivity index (χ2v) is 12.9. The number of unbranched alkanes of at least 4 members (excludes halogenated alkanes) is 1. The third-order valence-electron chi connectivity index (χ3n) is 7.02. The average molecular weight is 663 g/mol. The number of sulfonamides is 1. The Kier molecular flexibility index (Phi) is 11.5. The van der Waals surface area contributed by atoms with Crippen molar-refractivity contribution in [2.75, 3.05) is 17.4 Å². The minimum absolute atomic E-state index is 0.0680. The quantitative estimate of drug-likeness (QED) is 0.163. The molecule has 0 saturated heterocycles. The van der Waals surface area contributed by atoms with Gasteiger partial charge in [0.05, 0.1) is 10.6 Å². The molecule has 4 aromatic carbocycles. The SMILES string of the molecule is CCCCNC(=O)[C@H](Cc1ccccc1)N(Cc1ccccc1)C(=O)CN(c1ccc(Br)cc1)S(=O)(=O)c1ccccc1. The number of benzene rings is 4. The van der Waals surface area contributed by atoms with Gasteiger partial charge in [-0.15, -0.1) is 0 Å². The molecule has 0 aromatic heterocycles. The zero-order valence-electron chi connectivity index (χ0n) is 24.1. The van der Waals surface area contributed by atoms with E-state index in [0.717, 1.165) is 32.7 Å². The van der Waals surface area contributed by atoms with Gasteiger partial charge in [0.25, 0.3) is 10.0 Å².